The number of carbonyl (C=O) groups is 1. The Bertz CT molecular complexity index is 254. The lowest BCUT2D eigenvalue weighted by Crippen LogP contribution is -2.50. The van der Waals surface area contributed by atoms with E-state index in [1.807, 2.05) is 0 Å². The number of rotatable bonds is 3. The molecule has 0 aliphatic heterocycles. The number of nitrogens with two attached hydrogens (primary N) is 1. The molecule has 0 aromatic heterocycles. The SMILES string of the molecule is N#CC(N)(C=N)C(=N)C(=O)O. The second-order valence-electron chi connectivity index (χ2n) is 1.81. The van der Waals surface area contributed by atoms with Gasteiger partial charge in [-0.2, -0.15) is 5.26 Å². The van der Waals surface area contributed by atoms with E-state index in [0.29, 0.717) is 6.21 Å². The number of hydrogen-bond donors (Lipinski definition) is 4. The van der Waals surface area contributed by atoms with Crippen LogP contribution < -0.4 is 5.73 Å². The Morgan fingerprint density at radius 3 is 2.36 bits per heavy atom. The van der Waals surface area contributed by atoms with Gasteiger partial charge in [-0.15, -0.1) is 0 Å². The summed E-state index contributed by atoms with van der Waals surface area (Å²) in [5.74, 6) is -1.60. The number of hydrogen-bond acceptors (Lipinski definition) is 5. The third-order valence-electron chi connectivity index (χ3n) is 1.04. The molecule has 1 unspecified atom stereocenters. The molecule has 0 bridgehead atoms. The zero-order valence-electron chi connectivity index (χ0n) is 5.46. The van der Waals surface area contributed by atoms with Crippen molar-refractivity contribution < 1.29 is 9.90 Å². The summed E-state index contributed by atoms with van der Waals surface area (Å²) < 4.78 is 0. The average Bonchev–Trinajstić information content (AvgIpc) is 2.01. The number of carboxylic acid groups (broad SMARTS) is 1. The molecule has 11 heavy (non-hydrogen) atoms. The molecule has 0 aliphatic rings. The maximum Gasteiger partial charge on any atom is 0.353 e. The molecule has 0 radical (unpaired) electrons. The van der Waals surface area contributed by atoms with Crippen LogP contribution in [0.4, 0.5) is 0 Å². The fourth-order valence-electron chi connectivity index (χ4n) is 0.337. The quantitative estimate of drug-likeness (QED) is 0.386. The molecule has 0 amide bonds. The van der Waals surface area contributed by atoms with E-state index < -0.39 is 17.2 Å². The van der Waals surface area contributed by atoms with Gasteiger partial charge in [-0.1, -0.05) is 0 Å². The molecular weight excluding hydrogens is 148 g/mol. The third kappa shape index (κ3) is 1.59. The minimum absolute atomic E-state index is 0.420. The lowest BCUT2D eigenvalue weighted by atomic mass is 9.98. The Kier molecular flexibility index (Phi) is 2.44. The van der Waals surface area contributed by atoms with Gasteiger partial charge in [-0.25, -0.2) is 4.79 Å². The number of carboxylic acids is 1. The summed E-state index contributed by atoms with van der Waals surface area (Å²) in [6.07, 6.45) is 0.420. The van der Waals surface area contributed by atoms with E-state index in [1.165, 1.54) is 6.07 Å². The summed E-state index contributed by atoms with van der Waals surface area (Å²) in [6.45, 7) is 0. The van der Waals surface area contributed by atoms with Gasteiger partial charge in [0.05, 0.1) is 6.07 Å². The summed E-state index contributed by atoms with van der Waals surface area (Å²) in [6, 6.07) is 1.34. The van der Waals surface area contributed by atoms with Crippen molar-refractivity contribution in [2.75, 3.05) is 0 Å². The average molecular weight is 154 g/mol. The maximum atomic E-state index is 10.1. The van der Waals surface area contributed by atoms with Gasteiger partial charge >= 0.3 is 5.97 Å². The van der Waals surface area contributed by atoms with Crippen LogP contribution in [0.25, 0.3) is 0 Å². The Morgan fingerprint density at radius 2 is 2.27 bits per heavy atom. The van der Waals surface area contributed by atoms with Crippen LogP contribution in [0, 0.1) is 22.1 Å². The fourth-order valence-corrected chi connectivity index (χ4v) is 0.337. The molecule has 0 heterocycles. The summed E-state index contributed by atoms with van der Waals surface area (Å²) in [5.41, 5.74) is 1.92. The smallest absolute Gasteiger partial charge is 0.353 e. The largest absolute Gasteiger partial charge is 0.477 e. The highest BCUT2D eigenvalue weighted by Gasteiger charge is 2.32. The minimum atomic E-state index is -2.11. The molecule has 5 N–H and O–H groups in total. The van der Waals surface area contributed by atoms with E-state index in [-0.39, 0.29) is 0 Å². The van der Waals surface area contributed by atoms with Crippen LogP contribution in [0.2, 0.25) is 0 Å². The predicted molar refractivity (Wildman–Crippen MR) is 36.7 cm³/mol. The maximum absolute atomic E-state index is 10.1. The lowest BCUT2D eigenvalue weighted by molar-refractivity contribution is -0.129. The summed E-state index contributed by atoms with van der Waals surface area (Å²) >= 11 is 0. The van der Waals surface area contributed by atoms with Gasteiger partial charge in [-0.3, -0.25) is 5.41 Å². The van der Waals surface area contributed by atoms with E-state index in [9.17, 15) is 4.79 Å². The first kappa shape index (κ1) is 9.26. The monoisotopic (exact) mass is 154 g/mol. The molecule has 58 valence electrons. The highest BCUT2D eigenvalue weighted by molar-refractivity contribution is 6.42. The van der Waals surface area contributed by atoms with Gasteiger partial charge in [-0.05, 0) is 0 Å². The molecule has 6 heteroatoms. The van der Waals surface area contributed by atoms with Gasteiger partial charge < -0.3 is 16.2 Å². The van der Waals surface area contributed by atoms with E-state index >= 15 is 0 Å². The number of nitrogens with zero attached hydrogens (tertiary/aromatic N) is 1. The topological polar surface area (TPSA) is 135 Å². The molecule has 0 spiro atoms. The van der Waals surface area contributed by atoms with E-state index in [0.717, 1.165) is 0 Å². The van der Waals surface area contributed by atoms with Crippen molar-refractivity contribution in [1.29, 1.82) is 16.1 Å². The van der Waals surface area contributed by atoms with Gasteiger partial charge in [0.15, 0.2) is 11.3 Å². The van der Waals surface area contributed by atoms with Crippen LogP contribution in [0.5, 0.6) is 0 Å². The first-order chi connectivity index (χ1) is 4.98. The van der Waals surface area contributed by atoms with Crippen molar-refractivity contribution in [1.82, 2.24) is 0 Å². The highest BCUT2D eigenvalue weighted by Crippen LogP contribution is 1.96. The van der Waals surface area contributed by atoms with E-state index in [2.05, 4.69) is 0 Å². The van der Waals surface area contributed by atoms with Crippen molar-refractivity contribution >= 4 is 17.9 Å². The summed E-state index contributed by atoms with van der Waals surface area (Å²) in [4.78, 5) is 10.1. The first-order valence-electron chi connectivity index (χ1n) is 2.52. The van der Waals surface area contributed by atoms with E-state index in [4.69, 9.17) is 26.9 Å². The van der Waals surface area contributed by atoms with Gasteiger partial charge in [0, 0.05) is 6.21 Å². The lowest BCUT2D eigenvalue weighted by Gasteiger charge is -2.12. The van der Waals surface area contributed by atoms with Gasteiger partial charge in [0.1, 0.15) is 0 Å². The van der Waals surface area contributed by atoms with Crippen molar-refractivity contribution in [2.24, 2.45) is 5.73 Å². The molecule has 0 aromatic rings. The third-order valence-corrected chi connectivity index (χ3v) is 1.04. The molecular formula is C5H6N4O2. The number of nitrogens with one attached hydrogen (secondary N) is 2. The van der Waals surface area contributed by atoms with Crippen molar-refractivity contribution in [3.8, 4) is 6.07 Å². The van der Waals surface area contributed by atoms with Crippen molar-refractivity contribution in [2.45, 2.75) is 5.54 Å². The fraction of sp³-hybridized carbons (Fsp3) is 0.200. The Morgan fingerprint density at radius 1 is 1.82 bits per heavy atom. The summed E-state index contributed by atoms with van der Waals surface area (Å²) in [7, 11) is 0. The predicted octanol–water partition coefficient (Wildman–Crippen LogP) is -1.04. The first-order valence-corrected chi connectivity index (χ1v) is 2.52. The molecule has 0 saturated heterocycles. The number of aliphatic carboxylic acids is 1. The van der Waals surface area contributed by atoms with Crippen LogP contribution >= 0.6 is 0 Å². The molecule has 1 atom stereocenters. The molecule has 6 nitrogen and oxygen atoms in total. The van der Waals surface area contributed by atoms with Crippen LogP contribution in [0.1, 0.15) is 0 Å². The minimum Gasteiger partial charge on any atom is -0.477 e. The van der Waals surface area contributed by atoms with Gasteiger partial charge in [0.2, 0.25) is 0 Å². The van der Waals surface area contributed by atoms with Crippen molar-refractivity contribution in [3.05, 3.63) is 0 Å². The second kappa shape index (κ2) is 2.90. The highest BCUT2D eigenvalue weighted by atomic mass is 16.4. The van der Waals surface area contributed by atoms with Crippen molar-refractivity contribution in [3.63, 3.8) is 0 Å². The Balaban J connectivity index is 4.83. The van der Waals surface area contributed by atoms with Crippen LogP contribution in [-0.4, -0.2) is 28.5 Å². The molecule has 0 aromatic carbocycles. The summed E-state index contributed by atoms with van der Waals surface area (Å²) in [5, 5.41) is 29.9. The molecule has 0 saturated carbocycles. The zero-order chi connectivity index (χ0) is 9.07. The molecule has 0 fully saturated rings. The van der Waals surface area contributed by atoms with Gasteiger partial charge in [0.25, 0.3) is 0 Å². The molecule has 0 rings (SSSR count). The standard InChI is InChI=1S/C5H6N4O2/c6-1-5(9,2-7)3(8)4(10)11/h1,6,8H,9H2,(H,10,11). The molecule has 0 aliphatic carbocycles. The Hall–Kier alpha value is -1.74. The Labute approximate surface area is 62.3 Å². The van der Waals surface area contributed by atoms with Crippen LogP contribution in [0.15, 0.2) is 0 Å². The normalized spacial score (nSPS) is 14.2. The van der Waals surface area contributed by atoms with Crippen LogP contribution in [-0.2, 0) is 4.79 Å². The van der Waals surface area contributed by atoms with Crippen LogP contribution in [0.3, 0.4) is 0 Å². The second-order valence-corrected chi connectivity index (χ2v) is 1.81. The zero-order valence-corrected chi connectivity index (χ0v) is 5.46. The number of nitriles is 1. The van der Waals surface area contributed by atoms with E-state index in [1.54, 1.807) is 0 Å².